The highest BCUT2D eigenvalue weighted by molar-refractivity contribution is 6.37. The van der Waals surface area contributed by atoms with Crippen molar-refractivity contribution in [2.24, 2.45) is 5.10 Å². The molecule has 140 valence electrons. The minimum absolute atomic E-state index is 0.0381. The number of rotatable bonds is 3. The summed E-state index contributed by atoms with van der Waals surface area (Å²) in [6.07, 6.45) is -1.52. The summed E-state index contributed by atoms with van der Waals surface area (Å²) in [7, 11) is 0. The molecule has 0 saturated carbocycles. The van der Waals surface area contributed by atoms with E-state index in [0.29, 0.717) is 17.0 Å². The molecule has 0 radical (unpaired) electrons. The zero-order valence-corrected chi connectivity index (χ0v) is 14.4. The summed E-state index contributed by atoms with van der Waals surface area (Å²) in [5.41, 5.74) is 0.454. The third-order valence-corrected chi connectivity index (χ3v) is 4.17. The normalized spacial score (nSPS) is 16.0. The third-order valence-electron chi connectivity index (χ3n) is 4.17. The van der Waals surface area contributed by atoms with Crippen molar-refractivity contribution >= 4 is 23.4 Å². The van der Waals surface area contributed by atoms with Gasteiger partial charge in [-0.25, -0.2) is 0 Å². The van der Waals surface area contributed by atoms with E-state index in [1.807, 2.05) is 6.07 Å². The van der Waals surface area contributed by atoms with Gasteiger partial charge in [0.05, 0.1) is 23.1 Å². The topological polar surface area (TPSA) is 45.8 Å². The van der Waals surface area contributed by atoms with E-state index in [1.165, 1.54) is 24.5 Å². The lowest BCUT2D eigenvalue weighted by Crippen LogP contribution is -2.22. The molecule has 2 heterocycles. The Labute approximate surface area is 158 Å². The van der Waals surface area contributed by atoms with E-state index in [0.717, 1.165) is 17.1 Å². The number of hydrazone groups is 1. The molecule has 4 nitrogen and oxygen atoms in total. The maximum atomic E-state index is 13.1. The number of hydrogen-bond donors (Lipinski definition) is 0. The zero-order valence-electron chi connectivity index (χ0n) is 14.4. The number of benzene rings is 2. The Morgan fingerprint density at radius 3 is 2.43 bits per heavy atom. The van der Waals surface area contributed by atoms with Crippen molar-refractivity contribution in [2.45, 2.75) is 6.18 Å². The van der Waals surface area contributed by atoms with Crippen LogP contribution in [0, 0.1) is 0 Å². The third kappa shape index (κ3) is 3.34. The molecule has 28 heavy (non-hydrogen) atoms. The van der Waals surface area contributed by atoms with Crippen LogP contribution in [0.2, 0.25) is 0 Å². The van der Waals surface area contributed by atoms with Crippen LogP contribution in [0.5, 0.6) is 0 Å². The van der Waals surface area contributed by atoms with E-state index in [-0.39, 0.29) is 11.3 Å². The minimum Gasteiger partial charge on any atom is -0.465 e. The second-order valence-electron chi connectivity index (χ2n) is 6.05. The van der Waals surface area contributed by atoms with Crippen molar-refractivity contribution in [1.29, 1.82) is 0 Å². The molecule has 0 bridgehead atoms. The lowest BCUT2D eigenvalue weighted by atomic mass is 10.0. The van der Waals surface area contributed by atoms with Gasteiger partial charge in [0.25, 0.3) is 5.91 Å². The molecule has 0 fully saturated rings. The summed E-state index contributed by atoms with van der Waals surface area (Å²) in [4.78, 5) is 13.0. The summed E-state index contributed by atoms with van der Waals surface area (Å²) in [6.45, 7) is 0. The van der Waals surface area contributed by atoms with E-state index < -0.39 is 17.6 Å². The van der Waals surface area contributed by atoms with Gasteiger partial charge in [-0.05, 0) is 36.4 Å². The molecule has 0 atom stereocenters. The van der Waals surface area contributed by atoms with Crippen molar-refractivity contribution < 1.29 is 22.4 Å². The second-order valence-corrected chi connectivity index (χ2v) is 6.05. The van der Waals surface area contributed by atoms with Crippen molar-refractivity contribution in [1.82, 2.24) is 0 Å². The highest BCUT2D eigenvalue weighted by Crippen LogP contribution is 2.34. The molecule has 3 aromatic rings. The number of alkyl halides is 3. The summed E-state index contributed by atoms with van der Waals surface area (Å²) in [5.74, 6) is -0.0903. The van der Waals surface area contributed by atoms with Crippen molar-refractivity contribution in [3.63, 3.8) is 0 Å². The second kappa shape index (κ2) is 6.84. The molecule has 1 amide bonds. The van der Waals surface area contributed by atoms with Crippen LogP contribution in [-0.4, -0.2) is 11.6 Å². The van der Waals surface area contributed by atoms with Crippen molar-refractivity contribution in [2.75, 3.05) is 5.01 Å². The maximum Gasteiger partial charge on any atom is 0.416 e. The number of carbonyl (C=O) groups is 1. The number of furan rings is 1. The molecule has 2 aromatic carbocycles. The van der Waals surface area contributed by atoms with Gasteiger partial charge in [-0.1, -0.05) is 36.4 Å². The van der Waals surface area contributed by atoms with Gasteiger partial charge in [-0.2, -0.15) is 23.3 Å². The molecule has 0 unspecified atom stereocenters. The van der Waals surface area contributed by atoms with Crippen LogP contribution < -0.4 is 5.01 Å². The average molecular weight is 382 g/mol. The lowest BCUT2D eigenvalue weighted by molar-refractivity contribution is -0.137. The van der Waals surface area contributed by atoms with Crippen LogP contribution in [0.25, 0.3) is 6.08 Å². The Bertz CT molecular complexity index is 1070. The number of carbonyl (C=O) groups excluding carboxylic acids is 1. The first-order valence-electron chi connectivity index (χ1n) is 8.35. The first kappa shape index (κ1) is 17.8. The van der Waals surface area contributed by atoms with Crippen LogP contribution in [0.3, 0.4) is 0 Å². The zero-order chi connectivity index (χ0) is 19.7. The number of anilines is 1. The van der Waals surface area contributed by atoms with Gasteiger partial charge >= 0.3 is 6.18 Å². The van der Waals surface area contributed by atoms with Gasteiger partial charge in [0.1, 0.15) is 11.5 Å². The van der Waals surface area contributed by atoms with Gasteiger partial charge in [0, 0.05) is 5.56 Å². The van der Waals surface area contributed by atoms with Gasteiger partial charge in [-0.3, -0.25) is 4.79 Å². The van der Waals surface area contributed by atoms with Crippen LogP contribution >= 0.6 is 0 Å². The van der Waals surface area contributed by atoms with E-state index in [2.05, 4.69) is 5.10 Å². The molecule has 1 aliphatic rings. The highest BCUT2D eigenvalue weighted by Gasteiger charge is 2.35. The van der Waals surface area contributed by atoms with Gasteiger partial charge in [0.15, 0.2) is 0 Å². The fraction of sp³-hybridized carbons (Fsp3) is 0.0476. The number of amides is 1. The van der Waals surface area contributed by atoms with Crippen LogP contribution in [0.4, 0.5) is 18.9 Å². The molecule has 1 aliphatic heterocycles. The predicted molar refractivity (Wildman–Crippen MR) is 98.6 cm³/mol. The van der Waals surface area contributed by atoms with Crippen molar-refractivity contribution in [3.05, 3.63) is 95.5 Å². The lowest BCUT2D eigenvalue weighted by Gasteiger charge is -2.14. The quantitative estimate of drug-likeness (QED) is 0.590. The number of nitrogens with zero attached hydrogens (tertiary/aromatic N) is 2. The van der Waals surface area contributed by atoms with Crippen molar-refractivity contribution in [3.8, 4) is 0 Å². The predicted octanol–water partition coefficient (Wildman–Crippen LogP) is 5.13. The number of hydrogen-bond acceptors (Lipinski definition) is 3. The Balaban J connectivity index is 1.82. The molecule has 7 heteroatoms. The standard InChI is InChI=1S/C21H13F3N2O2/c22-21(23,24)15-8-4-9-16(12-15)26-20(27)18(13-17-10-5-11-28-17)19(25-26)14-6-2-1-3-7-14/h1-13H/b18-13+. The Hall–Kier alpha value is -3.61. The minimum atomic E-state index is -4.52. The molecule has 0 spiro atoms. The van der Waals surface area contributed by atoms with E-state index in [1.54, 1.807) is 36.4 Å². The van der Waals surface area contributed by atoms with Crippen LogP contribution in [0.15, 0.2) is 88.1 Å². The van der Waals surface area contributed by atoms with Gasteiger partial charge < -0.3 is 4.42 Å². The highest BCUT2D eigenvalue weighted by atomic mass is 19.4. The monoisotopic (exact) mass is 382 g/mol. The molecule has 1 aromatic heterocycles. The summed E-state index contributed by atoms with van der Waals surface area (Å²) >= 11 is 0. The molecular formula is C21H13F3N2O2. The molecule has 0 aliphatic carbocycles. The largest absolute Gasteiger partial charge is 0.465 e. The van der Waals surface area contributed by atoms with E-state index >= 15 is 0 Å². The van der Waals surface area contributed by atoms with Gasteiger partial charge in [0.2, 0.25) is 0 Å². The van der Waals surface area contributed by atoms with Gasteiger partial charge in [-0.15, -0.1) is 0 Å². The fourth-order valence-electron chi connectivity index (χ4n) is 2.86. The first-order valence-corrected chi connectivity index (χ1v) is 8.35. The molecule has 0 N–H and O–H groups in total. The Morgan fingerprint density at radius 2 is 1.75 bits per heavy atom. The Kier molecular flexibility index (Phi) is 4.35. The maximum absolute atomic E-state index is 13.1. The molecular weight excluding hydrogens is 369 g/mol. The van der Waals surface area contributed by atoms with E-state index in [9.17, 15) is 18.0 Å². The first-order chi connectivity index (χ1) is 13.4. The Morgan fingerprint density at radius 1 is 0.964 bits per heavy atom. The SMILES string of the molecule is O=C1/C(=C/c2ccco2)C(c2ccccc2)=NN1c1cccc(C(F)(F)F)c1. The van der Waals surface area contributed by atoms with Crippen LogP contribution in [-0.2, 0) is 11.0 Å². The average Bonchev–Trinajstić information content (AvgIpc) is 3.31. The van der Waals surface area contributed by atoms with Crippen LogP contribution in [0.1, 0.15) is 16.9 Å². The molecule has 4 rings (SSSR count). The smallest absolute Gasteiger partial charge is 0.416 e. The molecule has 0 saturated heterocycles. The fourth-order valence-corrected chi connectivity index (χ4v) is 2.86. The summed E-state index contributed by atoms with van der Waals surface area (Å²) < 4.78 is 44.5. The van der Waals surface area contributed by atoms with E-state index in [4.69, 9.17) is 4.42 Å². The summed E-state index contributed by atoms with van der Waals surface area (Å²) in [6, 6.07) is 16.8. The summed E-state index contributed by atoms with van der Waals surface area (Å²) in [5, 5.41) is 5.30. The number of halogens is 3.